The molecule has 2 aromatic carbocycles. The Morgan fingerprint density at radius 1 is 1.19 bits per heavy atom. The number of phenols is 1. The van der Waals surface area contributed by atoms with E-state index in [1.54, 1.807) is 16.8 Å². The van der Waals surface area contributed by atoms with Crippen LogP contribution >= 0.6 is 0 Å². The molecule has 0 radical (unpaired) electrons. The van der Waals surface area contributed by atoms with Crippen molar-refractivity contribution in [3.05, 3.63) is 65.6 Å². The zero-order valence-electron chi connectivity index (χ0n) is 10.8. The highest BCUT2D eigenvalue weighted by Crippen LogP contribution is 2.32. The molecule has 0 aliphatic heterocycles. The molecule has 3 aromatic rings. The number of aromatic nitrogens is 1. The predicted octanol–water partition coefficient (Wildman–Crippen LogP) is 3.59. The largest absolute Gasteiger partial charge is 0.507 e. The minimum absolute atomic E-state index is 0.152. The van der Waals surface area contributed by atoms with Gasteiger partial charge in [-0.3, -0.25) is 0 Å². The number of carboxylic acids is 1. The lowest BCUT2D eigenvalue weighted by molar-refractivity contribution is 0.0694. The molecule has 0 saturated carbocycles. The Hall–Kier alpha value is -3.26. The molecule has 0 aliphatic rings. The Morgan fingerprint density at radius 2 is 1.95 bits per heavy atom. The number of fused-ring (bicyclic) bond motifs is 1. The van der Waals surface area contributed by atoms with Crippen LogP contribution in [0.15, 0.2) is 48.7 Å². The number of aromatic hydroxyl groups is 1. The van der Waals surface area contributed by atoms with E-state index in [4.69, 9.17) is 11.7 Å². The third-order valence-electron chi connectivity index (χ3n) is 3.30. The van der Waals surface area contributed by atoms with Gasteiger partial charge in [0.05, 0.1) is 6.57 Å². The quantitative estimate of drug-likeness (QED) is 0.704. The van der Waals surface area contributed by atoms with Gasteiger partial charge in [0.15, 0.2) is 0 Å². The first-order chi connectivity index (χ1) is 10.1. The number of rotatable bonds is 2. The normalized spacial score (nSPS) is 10.4. The number of aromatic carboxylic acids is 1. The number of carboxylic acid groups (broad SMARTS) is 1. The molecule has 102 valence electrons. The molecule has 0 saturated heterocycles. The molecule has 0 unspecified atom stereocenters. The summed E-state index contributed by atoms with van der Waals surface area (Å²) in [4.78, 5) is 14.4. The summed E-state index contributed by atoms with van der Waals surface area (Å²) in [7, 11) is 0. The second-order valence-corrected chi connectivity index (χ2v) is 4.52. The van der Waals surface area contributed by atoms with E-state index in [-0.39, 0.29) is 11.3 Å². The molecule has 1 heterocycles. The van der Waals surface area contributed by atoms with Crippen molar-refractivity contribution in [3.8, 4) is 11.4 Å². The average molecular weight is 278 g/mol. The maximum absolute atomic E-state index is 10.9. The Kier molecular flexibility index (Phi) is 2.85. The Balaban J connectivity index is 2.24. The van der Waals surface area contributed by atoms with Gasteiger partial charge in [0.2, 0.25) is 5.69 Å². The fourth-order valence-corrected chi connectivity index (χ4v) is 2.32. The number of hydrogen-bond acceptors (Lipinski definition) is 2. The maximum Gasteiger partial charge on any atom is 0.339 e. The van der Waals surface area contributed by atoms with Gasteiger partial charge in [-0.05, 0) is 18.2 Å². The summed E-state index contributed by atoms with van der Waals surface area (Å²) in [5, 5.41) is 19.6. The number of benzene rings is 2. The summed E-state index contributed by atoms with van der Waals surface area (Å²) in [5.41, 5.74) is 1.78. The SMILES string of the molecule is [C-]#[N+]c1cn(-c2ccc(C(=O)O)c(O)c2)c2ccccc12. The van der Waals surface area contributed by atoms with Gasteiger partial charge >= 0.3 is 5.97 Å². The molecule has 21 heavy (non-hydrogen) atoms. The van der Waals surface area contributed by atoms with Gasteiger partial charge in [0.25, 0.3) is 0 Å². The molecule has 2 N–H and O–H groups in total. The standard InChI is InChI=1S/C16H10N2O3/c1-17-13-9-18(14-5-3-2-4-11(13)14)10-6-7-12(16(20)21)15(19)8-10/h2-9,19H,(H,20,21). The monoisotopic (exact) mass is 278 g/mol. The van der Waals surface area contributed by atoms with E-state index in [0.29, 0.717) is 11.4 Å². The lowest BCUT2D eigenvalue weighted by Gasteiger charge is -2.08. The summed E-state index contributed by atoms with van der Waals surface area (Å²) in [6, 6.07) is 11.8. The molecule has 5 nitrogen and oxygen atoms in total. The molecule has 0 bridgehead atoms. The zero-order valence-corrected chi connectivity index (χ0v) is 10.8. The first-order valence-electron chi connectivity index (χ1n) is 6.16. The van der Waals surface area contributed by atoms with Crippen LogP contribution < -0.4 is 0 Å². The average Bonchev–Trinajstić information content (AvgIpc) is 2.85. The minimum atomic E-state index is -1.18. The fraction of sp³-hybridized carbons (Fsp3) is 0. The van der Waals surface area contributed by atoms with Crippen LogP contribution in [0, 0.1) is 6.57 Å². The van der Waals surface area contributed by atoms with Gasteiger partial charge in [0.1, 0.15) is 11.3 Å². The van der Waals surface area contributed by atoms with Crippen LogP contribution in [0.25, 0.3) is 21.4 Å². The van der Waals surface area contributed by atoms with Gasteiger partial charge in [-0.1, -0.05) is 18.2 Å². The predicted molar refractivity (Wildman–Crippen MR) is 78.2 cm³/mol. The topological polar surface area (TPSA) is 66.8 Å². The summed E-state index contributed by atoms with van der Waals surface area (Å²) >= 11 is 0. The van der Waals surface area contributed by atoms with Gasteiger partial charge in [-0.25, -0.2) is 9.64 Å². The molecule has 0 atom stereocenters. The van der Waals surface area contributed by atoms with E-state index in [2.05, 4.69) is 4.85 Å². The summed E-state index contributed by atoms with van der Waals surface area (Å²) < 4.78 is 1.76. The summed E-state index contributed by atoms with van der Waals surface area (Å²) in [5.74, 6) is -1.49. The lowest BCUT2D eigenvalue weighted by atomic mass is 10.2. The second-order valence-electron chi connectivity index (χ2n) is 4.52. The van der Waals surface area contributed by atoms with E-state index in [1.807, 2.05) is 24.3 Å². The smallest absolute Gasteiger partial charge is 0.339 e. The highest BCUT2D eigenvalue weighted by Gasteiger charge is 2.13. The highest BCUT2D eigenvalue weighted by molar-refractivity contribution is 5.95. The van der Waals surface area contributed by atoms with E-state index < -0.39 is 5.97 Å². The number of carbonyl (C=O) groups is 1. The molecule has 3 rings (SSSR count). The molecule has 0 aliphatic carbocycles. The van der Waals surface area contributed by atoms with Crippen molar-refractivity contribution in [2.24, 2.45) is 0 Å². The van der Waals surface area contributed by atoms with Crippen molar-refractivity contribution in [1.82, 2.24) is 4.57 Å². The third-order valence-corrected chi connectivity index (χ3v) is 3.30. The second kappa shape index (κ2) is 4.69. The number of hydrogen-bond donors (Lipinski definition) is 2. The summed E-state index contributed by atoms with van der Waals surface area (Å²) in [6.07, 6.45) is 1.67. The number of para-hydroxylation sites is 1. The van der Waals surface area contributed by atoms with Crippen LogP contribution in [0.5, 0.6) is 5.75 Å². The molecular formula is C16H10N2O3. The van der Waals surface area contributed by atoms with Gasteiger partial charge in [-0.15, -0.1) is 0 Å². The van der Waals surface area contributed by atoms with Crippen molar-refractivity contribution >= 4 is 22.6 Å². The molecular weight excluding hydrogens is 268 g/mol. The number of nitrogens with zero attached hydrogens (tertiary/aromatic N) is 2. The van der Waals surface area contributed by atoms with Gasteiger partial charge in [-0.2, -0.15) is 0 Å². The van der Waals surface area contributed by atoms with Crippen LogP contribution in [-0.2, 0) is 0 Å². The van der Waals surface area contributed by atoms with Crippen LogP contribution in [0.3, 0.4) is 0 Å². The van der Waals surface area contributed by atoms with Crippen molar-refractivity contribution in [1.29, 1.82) is 0 Å². The van der Waals surface area contributed by atoms with Crippen molar-refractivity contribution < 1.29 is 15.0 Å². The Labute approximate surface area is 120 Å². The lowest BCUT2D eigenvalue weighted by Crippen LogP contribution is -1.98. The van der Waals surface area contributed by atoms with Crippen molar-refractivity contribution in [3.63, 3.8) is 0 Å². The van der Waals surface area contributed by atoms with E-state index in [0.717, 1.165) is 10.9 Å². The Morgan fingerprint density at radius 3 is 2.62 bits per heavy atom. The van der Waals surface area contributed by atoms with E-state index in [9.17, 15) is 9.90 Å². The minimum Gasteiger partial charge on any atom is -0.507 e. The van der Waals surface area contributed by atoms with Crippen LogP contribution in [0.4, 0.5) is 5.69 Å². The molecule has 0 spiro atoms. The van der Waals surface area contributed by atoms with Gasteiger partial charge in [0, 0.05) is 28.9 Å². The molecule has 0 amide bonds. The van der Waals surface area contributed by atoms with Crippen LogP contribution in [0.2, 0.25) is 0 Å². The van der Waals surface area contributed by atoms with Crippen molar-refractivity contribution in [2.45, 2.75) is 0 Å². The first-order valence-corrected chi connectivity index (χ1v) is 6.16. The maximum atomic E-state index is 10.9. The Bertz CT molecular complexity index is 904. The third kappa shape index (κ3) is 1.99. The highest BCUT2D eigenvalue weighted by atomic mass is 16.4. The zero-order chi connectivity index (χ0) is 15.0. The van der Waals surface area contributed by atoms with Crippen molar-refractivity contribution in [2.75, 3.05) is 0 Å². The molecule has 5 heteroatoms. The fourth-order valence-electron chi connectivity index (χ4n) is 2.32. The summed E-state index contributed by atoms with van der Waals surface area (Å²) in [6.45, 7) is 7.22. The molecule has 1 aromatic heterocycles. The van der Waals surface area contributed by atoms with Crippen LogP contribution in [0.1, 0.15) is 10.4 Å². The van der Waals surface area contributed by atoms with Crippen LogP contribution in [-0.4, -0.2) is 20.7 Å². The molecule has 0 fully saturated rings. The van der Waals surface area contributed by atoms with Gasteiger partial charge < -0.3 is 14.8 Å². The van der Waals surface area contributed by atoms with E-state index in [1.165, 1.54) is 12.1 Å². The van der Waals surface area contributed by atoms with E-state index >= 15 is 0 Å². The first kappa shape index (κ1) is 12.8.